The first-order valence-corrected chi connectivity index (χ1v) is 13.5. The number of ketones is 1. The molecule has 1 aliphatic carbocycles. The molecule has 0 bridgehead atoms. The lowest BCUT2D eigenvalue weighted by molar-refractivity contribution is -0.149. The summed E-state index contributed by atoms with van der Waals surface area (Å²) < 4.78 is 12.2. The number of nitrogens with zero attached hydrogens (tertiary/aromatic N) is 1. The van der Waals surface area contributed by atoms with Crippen LogP contribution < -0.4 is 14.8 Å². The van der Waals surface area contributed by atoms with Gasteiger partial charge in [-0.3, -0.25) is 14.4 Å². The normalized spacial score (nSPS) is 18.8. The predicted molar refractivity (Wildman–Crippen MR) is 150 cm³/mol. The molecule has 3 rings (SSSR count). The van der Waals surface area contributed by atoms with E-state index in [-0.39, 0.29) is 32.5 Å². The molecule has 9 nitrogen and oxygen atoms in total. The Bertz CT molecular complexity index is 1170. The zero-order chi connectivity index (χ0) is 27.7. The van der Waals surface area contributed by atoms with Crippen molar-refractivity contribution < 1.29 is 34.1 Å². The third-order valence-electron chi connectivity index (χ3n) is 6.31. The molecule has 2 aromatic carbocycles. The lowest BCUT2D eigenvalue weighted by Crippen LogP contribution is -2.56. The summed E-state index contributed by atoms with van der Waals surface area (Å²) >= 11 is 2.12. The number of amides is 2. The van der Waals surface area contributed by atoms with Gasteiger partial charge in [-0.1, -0.05) is 31.2 Å². The van der Waals surface area contributed by atoms with Gasteiger partial charge in [0.25, 0.3) is 5.91 Å². The molecule has 3 N–H and O–H groups in total. The third kappa shape index (κ3) is 7.55. The molecule has 0 aliphatic heterocycles. The number of carbonyl (C=O) groups excluding carboxylic acids is 3. The Labute approximate surface area is 236 Å². The van der Waals surface area contributed by atoms with Crippen molar-refractivity contribution in [2.75, 3.05) is 26.8 Å². The Hall–Kier alpha value is -2.96. The van der Waals surface area contributed by atoms with Crippen LogP contribution in [0.4, 0.5) is 0 Å². The summed E-state index contributed by atoms with van der Waals surface area (Å²) in [6.07, 6.45) is -0.184. The van der Waals surface area contributed by atoms with Crippen LogP contribution in [0.2, 0.25) is 0 Å². The minimum atomic E-state index is -1.21. The minimum absolute atomic E-state index is 0.0130. The molecule has 0 radical (unpaired) electrons. The number of hydrogen-bond donors (Lipinski definition) is 3. The molecule has 0 unspecified atom stereocenters. The Morgan fingerprint density at radius 3 is 2.61 bits per heavy atom. The summed E-state index contributed by atoms with van der Waals surface area (Å²) in [5, 5.41) is 23.2. The van der Waals surface area contributed by atoms with E-state index >= 15 is 0 Å². The van der Waals surface area contributed by atoms with E-state index in [1.165, 1.54) is 4.90 Å². The number of nitrogens with one attached hydrogen (secondary N) is 1. The van der Waals surface area contributed by atoms with Gasteiger partial charge in [-0.05, 0) is 64.9 Å². The van der Waals surface area contributed by atoms with Crippen LogP contribution in [-0.4, -0.2) is 77.8 Å². The standard InChI is InChI=1S/C28H33IN2O7/c1-3-23(33)28(36)31(13-11-18-7-6-8-20(15-18)37-2)22-16-19(27(35)30-12-14-32)17-25(26(22)34)38-24-10-5-4-9-21(24)29/h4-10,15,17,22,25-26,32,34H,3,11-14,16H2,1-2H3,(H,30,35)/t22-,25+,26+/m1/s1. The largest absolute Gasteiger partial charge is 0.497 e. The van der Waals surface area contributed by atoms with Crippen molar-refractivity contribution >= 4 is 40.2 Å². The number of hydrogen-bond acceptors (Lipinski definition) is 7. The van der Waals surface area contributed by atoms with E-state index in [4.69, 9.17) is 14.6 Å². The molecule has 204 valence electrons. The van der Waals surface area contributed by atoms with Gasteiger partial charge in [-0.25, -0.2) is 0 Å². The van der Waals surface area contributed by atoms with E-state index in [0.717, 1.165) is 9.13 Å². The van der Waals surface area contributed by atoms with E-state index in [1.54, 1.807) is 32.2 Å². The van der Waals surface area contributed by atoms with E-state index in [2.05, 4.69) is 27.9 Å². The maximum Gasteiger partial charge on any atom is 0.290 e. The molecule has 1 aliphatic rings. The average molecular weight is 636 g/mol. The van der Waals surface area contributed by atoms with Crippen molar-refractivity contribution in [3.05, 3.63) is 69.3 Å². The number of benzene rings is 2. The molecule has 0 heterocycles. The first-order chi connectivity index (χ1) is 18.3. The smallest absolute Gasteiger partial charge is 0.290 e. The van der Waals surface area contributed by atoms with Crippen molar-refractivity contribution in [3.8, 4) is 11.5 Å². The number of carbonyl (C=O) groups is 3. The molecular weight excluding hydrogens is 603 g/mol. The van der Waals surface area contributed by atoms with Gasteiger partial charge in [-0.2, -0.15) is 0 Å². The van der Waals surface area contributed by atoms with Crippen LogP contribution in [0.15, 0.2) is 60.2 Å². The van der Waals surface area contributed by atoms with E-state index in [1.807, 2.05) is 36.4 Å². The van der Waals surface area contributed by atoms with Crippen LogP contribution in [0.5, 0.6) is 11.5 Å². The van der Waals surface area contributed by atoms with Crippen LogP contribution >= 0.6 is 22.6 Å². The number of rotatable bonds is 12. The van der Waals surface area contributed by atoms with Crippen molar-refractivity contribution in [1.82, 2.24) is 10.2 Å². The molecule has 0 spiro atoms. The number of aliphatic hydroxyl groups is 2. The van der Waals surface area contributed by atoms with Crippen LogP contribution in [0.25, 0.3) is 0 Å². The topological polar surface area (TPSA) is 125 Å². The highest BCUT2D eigenvalue weighted by molar-refractivity contribution is 14.1. The van der Waals surface area contributed by atoms with Crippen LogP contribution in [0.1, 0.15) is 25.3 Å². The van der Waals surface area contributed by atoms with Crippen molar-refractivity contribution in [1.29, 1.82) is 0 Å². The molecule has 3 atom stereocenters. The molecule has 2 amide bonds. The Morgan fingerprint density at radius 2 is 1.92 bits per heavy atom. The van der Waals surface area contributed by atoms with Crippen molar-refractivity contribution in [3.63, 3.8) is 0 Å². The number of methoxy groups -OCH3 is 1. The highest BCUT2D eigenvalue weighted by Gasteiger charge is 2.41. The van der Waals surface area contributed by atoms with Crippen LogP contribution in [0.3, 0.4) is 0 Å². The van der Waals surface area contributed by atoms with Gasteiger partial charge in [0, 0.05) is 31.5 Å². The fourth-order valence-corrected chi connectivity index (χ4v) is 4.79. The molecule has 2 aromatic rings. The lowest BCUT2D eigenvalue weighted by atomic mass is 9.87. The number of ether oxygens (including phenoxy) is 2. The Kier molecular flexibility index (Phi) is 11.1. The number of aliphatic hydroxyl groups excluding tert-OH is 2. The monoisotopic (exact) mass is 636 g/mol. The summed E-state index contributed by atoms with van der Waals surface area (Å²) in [4.78, 5) is 40.1. The Morgan fingerprint density at radius 1 is 1.16 bits per heavy atom. The summed E-state index contributed by atoms with van der Waals surface area (Å²) in [5.41, 5.74) is 1.19. The fraction of sp³-hybridized carbons (Fsp3) is 0.393. The van der Waals surface area contributed by atoms with Crippen molar-refractivity contribution in [2.45, 2.75) is 44.4 Å². The summed E-state index contributed by atoms with van der Waals surface area (Å²) in [6.45, 7) is 1.57. The second-order valence-corrected chi connectivity index (χ2v) is 9.99. The van der Waals surface area contributed by atoms with Crippen molar-refractivity contribution in [2.24, 2.45) is 0 Å². The summed E-state index contributed by atoms with van der Waals surface area (Å²) in [5.74, 6) is -0.556. The van der Waals surface area contributed by atoms with E-state index in [9.17, 15) is 19.5 Å². The molecular formula is C28H33IN2O7. The summed E-state index contributed by atoms with van der Waals surface area (Å²) in [6, 6.07) is 13.8. The van der Waals surface area contributed by atoms with Gasteiger partial charge in [0.15, 0.2) is 0 Å². The molecule has 38 heavy (non-hydrogen) atoms. The highest BCUT2D eigenvalue weighted by atomic mass is 127. The molecule has 0 saturated carbocycles. The first kappa shape index (κ1) is 29.6. The van der Waals surface area contributed by atoms with Gasteiger partial charge in [-0.15, -0.1) is 0 Å². The fourth-order valence-electron chi connectivity index (χ4n) is 4.27. The molecule has 0 fully saturated rings. The number of Topliss-reactive ketones (excluding diaryl/α,β-unsaturated/α-hetero) is 1. The minimum Gasteiger partial charge on any atom is -0.497 e. The quantitative estimate of drug-likeness (QED) is 0.241. The average Bonchev–Trinajstić information content (AvgIpc) is 2.94. The Balaban J connectivity index is 1.95. The number of halogens is 1. The molecule has 0 saturated heterocycles. The highest BCUT2D eigenvalue weighted by Crippen LogP contribution is 2.30. The zero-order valence-corrected chi connectivity index (χ0v) is 23.6. The first-order valence-electron chi connectivity index (χ1n) is 12.4. The second-order valence-electron chi connectivity index (χ2n) is 8.82. The molecule has 0 aromatic heterocycles. The van der Waals surface area contributed by atoms with Crippen LogP contribution in [0, 0.1) is 3.57 Å². The van der Waals surface area contributed by atoms with Gasteiger partial charge in [0.1, 0.15) is 23.7 Å². The second kappa shape index (κ2) is 14.3. The van der Waals surface area contributed by atoms with Gasteiger partial charge < -0.3 is 29.9 Å². The van der Waals surface area contributed by atoms with Gasteiger partial charge in [0.2, 0.25) is 11.7 Å². The molecule has 10 heteroatoms. The van der Waals surface area contributed by atoms with Gasteiger partial charge >= 0.3 is 0 Å². The third-order valence-corrected chi connectivity index (χ3v) is 7.20. The number of para-hydroxylation sites is 1. The summed E-state index contributed by atoms with van der Waals surface area (Å²) in [7, 11) is 1.57. The maximum atomic E-state index is 13.3. The lowest BCUT2D eigenvalue weighted by Gasteiger charge is -2.40. The predicted octanol–water partition coefficient (Wildman–Crippen LogP) is 2.27. The van der Waals surface area contributed by atoms with Crippen LogP contribution in [-0.2, 0) is 20.8 Å². The maximum absolute atomic E-state index is 13.3. The zero-order valence-electron chi connectivity index (χ0n) is 21.4. The van der Waals surface area contributed by atoms with Gasteiger partial charge in [0.05, 0.1) is 23.3 Å². The SMILES string of the molecule is CCC(=O)C(=O)N(CCc1cccc(OC)c1)[C@@H]1CC(C(=O)NCCO)=C[C@H](Oc2ccccc2I)[C@H]1O. The van der Waals surface area contributed by atoms with E-state index in [0.29, 0.717) is 23.5 Å². The van der Waals surface area contributed by atoms with E-state index < -0.39 is 35.8 Å².